The summed E-state index contributed by atoms with van der Waals surface area (Å²) in [5.41, 5.74) is -1.88. The van der Waals surface area contributed by atoms with E-state index in [0.29, 0.717) is 30.9 Å². The summed E-state index contributed by atoms with van der Waals surface area (Å²) in [5.74, 6) is -0.0577. The molecule has 2 heterocycles. The minimum Gasteiger partial charge on any atom is -0.392 e. The van der Waals surface area contributed by atoms with E-state index in [1.54, 1.807) is 17.0 Å². The Balaban J connectivity index is 1.99. The maximum atomic E-state index is 13.9. The van der Waals surface area contributed by atoms with Crippen LogP contribution in [0.2, 0.25) is 0 Å². The van der Waals surface area contributed by atoms with Crippen molar-refractivity contribution in [1.82, 2.24) is 9.97 Å². The maximum absolute atomic E-state index is 13.9. The van der Waals surface area contributed by atoms with Crippen LogP contribution in [-0.2, 0) is 28.0 Å². The van der Waals surface area contributed by atoms with E-state index in [4.69, 9.17) is 0 Å². The fraction of sp³-hybridized carbons (Fsp3) is 0.542. The molecule has 2 aromatic rings. The predicted octanol–water partition coefficient (Wildman–Crippen LogP) is 3.54. The summed E-state index contributed by atoms with van der Waals surface area (Å²) in [6.45, 7) is 7.34. The summed E-state index contributed by atoms with van der Waals surface area (Å²) in [4.78, 5) is 11.9. The molecule has 1 atom stereocenters. The zero-order valence-corrected chi connectivity index (χ0v) is 21.7. The Kier molecular flexibility index (Phi) is 7.58. The minimum atomic E-state index is -4.76. The number of anilines is 2. The lowest BCUT2D eigenvalue weighted by Gasteiger charge is -2.44. The molecule has 0 unspecified atom stereocenters. The Morgan fingerprint density at radius 3 is 2.44 bits per heavy atom. The second-order valence-electron chi connectivity index (χ2n) is 9.84. The van der Waals surface area contributed by atoms with Crippen molar-refractivity contribution in [3.63, 3.8) is 0 Å². The van der Waals surface area contributed by atoms with E-state index in [9.17, 15) is 32.0 Å². The second kappa shape index (κ2) is 9.86. The molecular weight excluding hydrogens is 495 g/mol. The van der Waals surface area contributed by atoms with Crippen molar-refractivity contribution in [3.8, 4) is 6.07 Å². The van der Waals surface area contributed by atoms with Crippen LogP contribution in [0.25, 0.3) is 0 Å². The van der Waals surface area contributed by atoms with Gasteiger partial charge in [-0.3, -0.25) is 0 Å². The quantitative estimate of drug-likeness (QED) is 0.610. The van der Waals surface area contributed by atoms with Crippen molar-refractivity contribution in [2.45, 2.75) is 56.8 Å². The van der Waals surface area contributed by atoms with Gasteiger partial charge in [-0.2, -0.15) is 18.4 Å². The van der Waals surface area contributed by atoms with Gasteiger partial charge < -0.3 is 14.9 Å². The Bertz CT molecular complexity index is 1270. The summed E-state index contributed by atoms with van der Waals surface area (Å²) in [7, 11) is -3.57. The molecule has 12 heteroatoms. The first-order chi connectivity index (χ1) is 16.6. The molecule has 36 heavy (non-hydrogen) atoms. The van der Waals surface area contributed by atoms with E-state index in [1.807, 2.05) is 24.8 Å². The van der Waals surface area contributed by atoms with E-state index < -0.39 is 33.7 Å². The van der Waals surface area contributed by atoms with Crippen molar-refractivity contribution in [3.05, 3.63) is 41.2 Å². The van der Waals surface area contributed by atoms with Gasteiger partial charge in [0.05, 0.1) is 29.0 Å². The van der Waals surface area contributed by atoms with Crippen LogP contribution < -0.4 is 9.80 Å². The van der Waals surface area contributed by atoms with Crippen LogP contribution in [0, 0.1) is 17.2 Å². The number of rotatable bonds is 6. The van der Waals surface area contributed by atoms with Gasteiger partial charge in [-0.1, -0.05) is 19.9 Å². The molecule has 0 bridgehead atoms. The Labute approximate surface area is 209 Å². The molecule has 196 valence electrons. The molecule has 1 N–H and O–H groups in total. The Morgan fingerprint density at radius 2 is 1.92 bits per heavy atom. The van der Waals surface area contributed by atoms with Gasteiger partial charge in [0.2, 0.25) is 5.95 Å². The number of aliphatic hydroxyl groups is 1. The first-order valence-corrected chi connectivity index (χ1v) is 13.3. The number of hydrogen-bond acceptors (Lipinski definition) is 8. The van der Waals surface area contributed by atoms with Crippen LogP contribution in [0.15, 0.2) is 29.3 Å². The average molecular weight is 526 g/mol. The highest BCUT2D eigenvalue weighted by atomic mass is 32.2. The molecule has 0 radical (unpaired) electrons. The van der Waals surface area contributed by atoms with Crippen molar-refractivity contribution in [2.24, 2.45) is 5.92 Å². The van der Waals surface area contributed by atoms with Gasteiger partial charge in [0, 0.05) is 43.3 Å². The number of halogens is 3. The molecule has 1 aliphatic heterocycles. The van der Waals surface area contributed by atoms with Crippen molar-refractivity contribution >= 4 is 21.5 Å². The third-order valence-electron chi connectivity index (χ3n) is 6.43. The van der Waals surface area contributed by atoms with E-state index >= 15 is 0 Å². The number of nitrogens with zero attached hydrogens (tertiary/aromatic N) is 5. The van der Waals surface area contributed by atoms with Crippen molar-refractivity contribution in [2.75, 3.05) is 35.7 Å². The molecule has 0 amide bonds. The van der Waals surface area contributed by atoms with Crippen LogP contribution in [-0.4, -0.2) is 55.4 Å². The first-order valence-electron chi connectivity index (χ1n) is 11.4. The molecule has 3 rings (SSSR count). The summed E-state index contributed by atoms with van der Waals surface area (Å²) in [5, 5.41) is 18.9. The predicted molar refractivity (Wildman–Crippen MR) is 129 cm³/mol. The van der Waals surface area contributed by atoms with E-state index in [0.717, 1.165) is 12.5 Å². The van der Waals surface area contributed by atoms with Gasteiger partial charge in [0.1, 0.15) is 0 Å². The van der Waals surface area contributed by atoms with Crippen molar-refractivity contribution < 1.29 is 26.7 Å². The van der Waals surface area contributed by atoms with Gasteiger partial charge in [-0.15, -0.1) is 0 Å². The molecule has 0 spiro atoms. The smallest absolute Gasteiger partial charge is 0.392 e. The molecule has 8 nitrogen and oxygen atoms in total. The first kappa shape index (κ1) is 27.7. The number of alkyl halides is 3. The van der Waals surface area contributed by atoms with Gasteiger partial charge in [-0.05, 0) is 37.5 Å². The Hall–Kier alpha value is -2.91. The number of piperazine rings is 1. The third-order valence-corrected chi connectivity index (χ3v) is 7.61. The highest BCUT2D eigenvalue weighted by Crippen LogP contribution is 2.37. The number of nitriles is 1. The highest BCUT2D eigenvalue weighted by Gasteiger charge is 2.42. The van der Waals surface area contributed by atoms with Gasteiger partial charge in [-0.25, -0.2) is 18.4 Å². The molecule has 1 aromatic heterocycles. The average Bonchev–Trinajstić information content (AvgIpc) is 2.81. The van der Waals surface area contributed by atoms with Crippen LogP contribution in [0.1, 0.15) is 44.5 Å². The van der Waals surface area contributed by atoms with E-state index in [-0.39, 0.29) is 28.4 Å². The van der Waals surface area contributed by atoms with Crippen LogP contribution in [0.3, 0.4) is 0 Å². The fourth-order valence-corrected chi connectivity index (χ4v) is 5.27. The zero-order chi connectivity index (χ0) is 27.1. The zero-order valence-electron chi connectivity index (χ0n) is 20.8. The maximum Gasteiger partial charge on any atom is 0.433 e. The highest BCUT2D eigenvalue weighted by molar-refractivity contribution is 7.90. The number of aromatic nitrogens is 2. The summed E-state index contributed by atoms with van der Waals surface area (Å²) in [6.07, 6.45) is -2.59. The minimum absolute atomic E-state index is 0.00653. The van der Waals surface area contributed by atoms with Gasteiger partial charge >= 0.3 is 6.18 Å². The number of aliphatic hydroxyl groups excluding tert-OH is 1. The lowest BCUT2D eigenvalue weighted by molar-refractivity contribution is -0.142. The lowest BCUT2D eigenvalue weighted by Crippen LogP contribution is -2.56. The number of benzene rings is 1. The second-order valence-corrected chi connectivity index (χ2v) is 11.8. The van der Waals surface area contributed by atoms with Gasteiger partial charge in [0.15, 0.2) is 15.5 Å². The van der Waals surface area contributed by atoms with E-state index in [2.05, 4.69) is 9.97 Å². The third kappa shape index (κ3) is 5.57. The van der Waals surface area contributed by atoms with E-state index in [1.165, 1.54) is 19.9 Å². The normalized spacial score (nSPS) is 17.4. The molecule has 1 aromatic carbocycles. The molecule has 1 aliphatic rings. The van der Waals surface area contributed by atoms with Crippen LogP contribution >= 0.6 is 0 Å². The SMILES string of the molecule is CC(C)[C@@H]1CN(c2ccc(CO)c(S(C)(=O)=O)c2)CCN1c1ncc(C(C)(C)C#N)c(C(F)(F)F)n1. The summed E-state index contributed by atoms with van der Waals surface area (Å²) >= 11 is 0. The number of hydrogen-bond donors (Lipinski definition) is 1. The standard InChI is InChI=1S/C24H30F3N5O3S/c1-15(2)19-12-31(17-7-6-16(13-33)20(10-17)36(5,34)35)8-9-32(19)22-29-11-18(23(3,4)14-28)21(30-22)24(25,26)27/h6-7,10-11,15,19,33H,8-9,12-13H2,1-5H3/t19-/m0/s1. The lowest BCUT2D eigenvalue weighted by atomic mass is 9.86. The molecule has 1 saturated heterocycles. The summed E-state index contributed by atoms with van der Waals surface area (Å²) < 4.78 is 66.2. The molecule has 1 fully saturated rings. The van der Waals surface area contributed by atoms with Gasteiger partial charge in [0.25, 0.3) is 0 Å². The topological polar surface area (TPSA) is 110 Å². The van der Waals surface area contributed by atoms with Crippen LogP contribution in [0.4, 0.5) is 24.8 Å². The molecule has 0 aliphatic carbocycles. The monoisotopic (exact) mass is 525 g/mol. The Morgan fingerprint density at radius 1 is 1.25 bits per heavy atom. The fourth-order valence-electron chi connectivity index (χ4n) is 4.32. The largest absolute Gasteiger partial charge is 0.433 e. The van der Waals surface area contributed by atoms with Crippen LogP contribution in [0.5, 0.6) is 0 Å². The van der Waals surface area contributed by atoms with Crippen molar-refractivity contribution in [1.29, 1.82) is 5.26 Å². The summed E-state index contributed by atoms with van der Waals surface area (Å²) in [6, 6.07) is 6.43. The molecular formula is C24H30F3N5O3S. The number of sulfone groups is 1. The molecule has 0 saturated carbocycles.